The number of carboxylic acids is 1. The summed E-state index contributed by atoms with van der Waals surface area (Å²) in [4.78, 5) is 26.3. The van der Waals surface area contributed by atoms with Crippen LogP contribution in [0.15, 0.2) is 0 Å². The fourth-order valence-electron chi connectivity index (χ4n) is 3.87. The molecule has 1 unspecified atom stereocenters. The van der Waals surface area contributed by atoms with Crippen LogP contribution in [0.4, 0.5) is 0 Å². The molecule has 1 amide bonds. The number of hydrogen-bond acceptors (Lipinski definition) is 2. The lowest BCUT2D eigenvalue weighted by atomic mass is 9.84. The van der Waals surface area contributed by atoms with Gasteiger partial charge in [-0.15, -0.1) is 0 Å². The fraction of sp³-hybridized carbons (Fsp3) is 0.867. The predicted octanol–water partition coefficient (Wildman–Crippen LogP) is 2.81. The van der Waals surface area contributed by atoms with Crippen LogP contribution in [-0.4, -0.2) is 34.0 Å². The number of carboxylic acid groups (broad SMARTS) is 1. The minimum Gasteiger partial charge on any atom is -0.479 e. The molecule has 4 nitrogen and oxygen atoms in total. The zero-order chi connectivity index (χ0) is 14.1. The van der Waals surface area contributed by atoms with Gasteiger partial charge in [0.15, 0.2) is 0 Å². The van der Waals surface area contributed by atoms with Gasteiger partial charge in [-0.3, -0.25) is 4.79 Å². The van der Waals surface area contributed by atoms with Crippen LogP contribution in [0, 0.1) is 5.41 Å². The van der Waals surface area contributed by atoms with Crippen molar-refractivity contribution >= 4 is 11.9 Å². The molecule has 2 aliphatic rings. The number of carbonyl (C=O) groups excluding carboxylic acids is 1. The molecule has 2 rings (SSSR count). The van der Waals surface area contributed by atoms with Gasteiger partial charge in [-0.05, 0) is 32.1 Å². The molecular formula is C15H25NO3. The zero-order valence-electron chi connectivity index (χ0n) is 12.1. The molecule has 1 atom stereocenters. The van der Waals surface area contributed by atoms with Gasteiger partial charge in [-0.2, -0.15) is 0 Å². The van der Waals surface area contributed by atoms with Crippen LogP contribution in [0.2, 0.25) is 0 Å². The van der Waals surface area contributed by atoms with Crippen molar-refractivity contribution in [2.24, 2.45) is 5.41 Å². The van der Waals surface area contributed by atoms with Gasteiger partial charge in [0.25, 0.3) is 0 Å². The summed E-state index contributed by atoms with van der Waals surface area (Å²) in [5, 5.41) is 9.65. The van der Waals surface area contributed by atoms with Crippen LogP contribution in [0.5, 0.6) is 0 Å². The number of carbonyl (C=O) groups is 2. The third kappa shape index (κ3) is 2.26. The first-order valence-corrected chi connectivity index (χ1v) is 7.52. The summed E-state index contributed by atoms with van der Waals surface area (Å²) in [5.74, 6) is -0.736. The summed E-state index contributed by atoms with van der Waals surface area (Å²) < 4.78 is 0. The highest BCUT2D eigenvalue weighted by Crippen LogP contribution is 2.43. The number of nitrogens with zero attached hydrogens (tertiary/aromatic N) is 1. The largest absolute Gasteiger partial charge is 0.479 e. The maximum absolute atomic E-state index is 12.8. The summed E-state index contributed by atoms with van der Waals surface area (Å²) in [6, 6.07) is 0. The number of hydrogen-bond donors (Lipinski definition) is 1. The molecule has 1 aliphatic heterocycles. The Kier molecular flexibility index (Phi) is 3.88. The average Bonchev–Trinajstić information content (AvgIpc) is 2.97. The molecule has 1 heterocycles. The topological polar surface area (TPSA) is 57.6 Å². The summed E-state index contributed by atoms with van der Waals surface area (Å²) in [7, 11) is 0. The lowest BCUT2D eigenvalue weighted by Crippen LogP contribution is -2.56. The Morgan fingerprint density at radius 3 is 2.32 bits per heavy atom. The second-order valence-corrected chi connectivity index (χ2v) is 6.41. The molecule has 0 aromatic carbocycles. The van der Waals surface area contributed by atoms with Crippen molar-refractivity contribution in [1.29, 1.82) is 0 Å². The number of amides is 1. The Labute approximate surface area is 115 Å². The monoisotopic (exact) mass is 267 g/mol. The van der Waals surface area contributed by atoms with Gasteiger partial charge >= 0.3 is 5.97 Å². The first-order chi connectivity index (χ1) is 8.96. The van der Waals surface area contributed by atoms with E-state index in [0.29, 0.717) is 19.4 Å². The van der Waals surface area contributed by atoms with E-state index in [2.05, 4.69) is 0 Å². The number of likely N-dealkylation sites (tertiary alicyclic amines) is 1. The van der Waals surface area contributed by atoms with Crippen molar-refractivity contribution in [1.82, 2.24) is 4.90 Å². The minimum atomic E-state index is -0.933. The molecule has 0 radical (unpaired) electrons. The molecule has 1 saturated carbocycles. The SMILES string of the molecule is CCCC1(C(=O)O)CCCN1C(=O)C1(C)CCCC1. The van der Waals surface area contributed by atoms with Crippen LogP contribution in [0.25, 0.3) is 0 Å². The molecular weight excluding hydrogens is 242 g/mol. The van der Waals surface area contributed by atoms with Crippen LogP contribution < -0.4 is 0 Å². The quantitative estimate of drug-likeness (QED) is 0.852. The Bertz CT molecular complexity index is 374. The lowest BCUT2D eigenvalue weighted by Gasteiger charge is -2.39. The highest BCUT2D eigenvalue weighted by Gasteiger charge is 2.53. The van der Waals surface area contributed by atoms with Crippen LogP contribution in [0.1, 0.15) is 65.2 Å². The summed E-state index contributed by atoms with van der Waals surface area (Å²) in [6.45, 7) is 4.61. The fourth-order valence-corrected chi connectivity index (χ4v) is 3.87. The maximum Gasteiger partial charge on any atom is 0.329 e. The van der Waals surface area contributed by atoms with Crippen molar-refractivity contribution in [2.45, 2.75) is 70.8 Å². The van der Waals surface area contributed by atoms with Gasteiger partial charge in [-0.1, -0.05) is 33.1 Å². The predicted molar refractivity (Wildman–Crippen MR) is 72.8 cm³/mol. The molecule has 108 valence electrons. The van der Waals surface area contributed by atoms with Gasteiger partial charge in [0, 0.05) is 12.0 Å². The van der Waals surface area contributed by atoms with Crippen molar-refractivity contribution in [3.63, 3.8) is 0 Å². The second-order valence-electron chi connectivity index (χ2n) is 6.41. The molecule has 1 saturated heterocycles. The Balaban J connectivity index is 2.26. The van der Waals surface area contributed by atoms with Crippen molar-refractivity contribution < 1.29 is 14.7 Å². The first-order valence-electron chi connectivity index (χ1n) is 7.52. The van der Waals surface area contributed by atoms with Crippen LogP contribution in [0.3, 0.4) is 0 Å². The molecule has 19 heavy (non-hydrogen) atoms. The van der Waals surface area contributed by atoms with Gasteiger partial charge in [-0.25, -0.2) is 4.79 Å². The van der Waals surface area contributed by atoms with E-state index < -0.39 is 11.5 Å². The van der Waals surface area contributed by atoms with E-state index in [-0.39, 0.29) is 11.3 Å². The highest BCUT2D eigenvalue weighted by atomic mass is 16.4. The molecule has 0 spiro atoms. The molecule has 1 aliphatic carbocycles. The van der Waals surface area contributed by atoms with Crippen molar-refractivity contribution in [3.8, 4) is 0 Å². The van der Waals surface area contributed by atoms with E-state index in [0.717, 1.165) is 38.5 Å². The van der Waals surface area contributed by atoms with Crippen LogP contribution >= 0.6 is 0 Å². The Morgan fingerprint density at radius 1 is 1.16 bits per heavy atom. The Hall–Kier alpha value is -1.06. The first kappa shape index (κ1) is 14.4. The van der Waals surface area contributed by atoms with Crippen molar-refractivity contribution in [2.75, 3.05) is 6.54 Å². The van der Waals surface area contributed by atoms with E-state index in [9.17, 15) is 14.7 Å². The third-order valence-corrected chi connectivity index (χ3v) is 5.02. The summed E-state index contributed by atoms with van der Waals surface area (Å²) in [6.07, 6.45) is 6.78. The normalized spacial score (nSPS) is 29.7. The van der Waals surface area contributed by atoms with E-state index in [1.54, 1.807) is 4.90 Å². The van der Waals surface area contributed by atoms with E-state index in [1.165, 1.54) is 0 Å². The lowest BCUT2D eigenvalue weighted by molar-refractivity contribution is -0.161. The molecule has 2 fully saturated rings. The van der Waals surface area contributed by atoms with E-state index >= 15 is 0 Å². The summed E-state index contributed by atoms with van der Waals surface area (Å²) in [5.41, 5.74) is -1.25. The van der Waals surface area contributed by atoms with Gasteiger partial charge in [0.2, 0.25) is 5.91 Å². The zero-order valence-corrected chi connectivity index (χ0v) is 12.1. The maximum atomic E-state index is 12.8. The molecule has 0 aromatic heterocycles. The van der Waals surface area contributed by atoms with Gasteiger partial charge in [0.05, 0.1) is 0 Å². The van der Waals surface area contributed by atoms with E-state index in [1.807, 2.05) is 13.8 Å². The van der Waals surface area contributed by atoms with Gasteiger partial charge in [0.1, 0.15) is 5.54 Å². The number of rotatable bonds is 4. The smallest absolute Gasteiger partial charge is 0.329 e. The third-order valence-electron chi connectivity index (χ3n) is 5.02. The summed E-state index contributed by atoms with van der Waals surface area (Å²) >= 11 is 0. The van der Waals surface area contributed by atoms with Crippen LogP contribution in [-0.2, 0) is 9.59 Å². The molecule has 0 bridgehead atoms. The highest BCUT2D eigenvalue weighted by molar-refractivity contribution is 5.90. The standard InChI is InChI=1S/C15H25NO3/c1-3-7-15(13(18)19)10-6-11-16(15)12(17)14(2)8-4-5-9-14/h3-11H2,1-2H3,(H,18,19). The molecule has 1 N–H and O–H groups in total. The average molecular weight is 267 g/mol. The molecule has 0 aromatic rings. The number of aliphatic carboxylic acids is 1. The second kappa shape index (κ2) is 5.14. The Morgan fingerprint density at radius 2 is 1.79 bits per heavy atom. The minimum absolute atomic E-state index is 0.0818. The van der Waals surface area contributed by atoms with E-state index in [4.69, 9.17) is 0 Å². The molecule has 4 heteroatoms. The van der Waals surface area contributed by atoms with Crippen molar-refractivity contribution in [3.05, 3.63) is 0 Å². The van der Waals surface area contributed by atoms with Gasteiger partial charge < -0.3 is 10.0 Å².